The third-order valence-electron chi connectivity index (χ3n) is 3.80. The quantitative estimate of drug-likeness (QED) is 0.862. The van der Waals surface area contributed by atoms with Crippen LogP contribution in [0.5, 0.6) is 0 Å². The van der Waals surface area contributed by atoms with E-state index in [-0.39, 0.29) is 5.91 Å². The van der Waals surface area contributed by atoms with Gasteiger partial charge in [-0.05, 0) is 48.7 Å². The van der Waals surface area contributed by atoms with Gasteiger partial charge in [0.25, 0.3) is 0 Å². The Labute approximate surface area is 136 Å². The Balaban J connectivity index is 1.54. The van der Waals surface area contributed by atoms with E-state index in [1.165, 1.54) is 18.9 Å². The highest BCUT2D eigenvalue weighted by molar-refractivity contribution is 5.91. The van der Waals surface area contributed by atoms with Gasteiger partial charge in [-0.2, -0.15) is 0 Å². The summed E-state index contributed by atoms with van der Waals surface area (Å²) in [5.41, 5.74) is 1.82. The molecule has 5 heteroatoms. The molecule has 0 radical (unpaired) electrons. The number of carbonyl (C=O) groups is 1. The van der Waals surface area contributed by atoms with Gasteiger partial charge in [0.05, 0.1) is 5.69 Å². The molecule has 0 aromatic carbocycles. The van der Waals surface area contributed by atoms with Gasteiger partial charge in [0.15, 0.2) is 0 Å². The van der Waals surface area contributed by atoms with E-state index in [1.54, 1.807) is 18.5 Å². The van der Waals surface area contributed by atoms with Crippen molar-refractivity contribution in [3.63, 3.8) is 0 Å². The van der Waals surface area contributed by atoms with Crippen molar-refractivity contribution in [2.45, 2.75) is 19.4 Å². The van der Waals surface area contributed by atoms with Crippen LogP contribution >= 0.6 is 0 Å². The lowest BCUT2D eigenvalue weighted by Crippen LogP contribution is -2.22. The van der Waals surface area contributed by atoms with Crippen LogP contribution in [-0.2, 0) is 11.3 Å². The highest BCUT2D eigenvalue weighted by Crippen LogP contribution is 2.18. The van der Waals surface area contributed by atoms with Crippen molar-refractivity contribution in [3.8, 4) is 0 Å². The molecule has 23 heavy (non-hydrogen) atoms. The van der Waals surface area contributed by atoms with E-state index in [0.29, 0.717) is 6.54 Å². The summed E-state index contributed by atoms with van der Waals surface area (Å²) in [7, 11) is 0. The summed E-state index contributed by atoms with van der Waals surface area (Å²) >= 11 is 0. The standard InChI is InChI=1S/C18H20N4O/c23-18(7-6-16-5-1-2-9-19-16)21-14-15-8-10-20-17(13-15)22-11-3-4-12-22/h1-2,5-10,13H,3-4,11-12,14H2,(H,21,23)/b7-6+. The lowest BCUT2D eigenvalue weighted by atomic mass is 10.2. The van der Waals surface area contributed by atoms with Gasteiger partial charge in [-0.15, -0.1) is 0 Å². The fraction of sp³-hybridized carbons (Fsp3) is 0.278. The van der Waals surface area contributed by atoms with Crippen molar-refractivity contribution in [1.29, 1.82) is 0 Å². The summed E-state index contributed by atoms with van der Waals surface area (Å²) in [6.07, 6.45) is 9.16. The average molecular weight is 308 g/mol. The predicted octanol–water partition coefficient (Wildman–Crippen LogP) is 2.41. The monoisotopic (exact) mass is 308 g/mol. The molecule has 1 aliphatic rings. The van der Waals surface area contributed by atoms with Crippen molar-refractivity contribution in [2.24, 2.45) is 0 Å². The first-order valence-electron chi connectivity index (χ1n) is 7.88. The average Bonchev–Trinajstić information content (AvgIpc) is 3.14. The maximum absolute atomic E-state index is 11.9. The number of aromatic nitrogens is 2. The number of carbonyl (C=O) groups excluding carboxylic acids is 1. The summed E-state index contributed by atoms with van der Waals surface area (Å²) in [5.74, 6) is 0.869. The maximum atomic E-state index is 11.9. The second kappa shape index (κ2) is 7.54. The van der Waals surface area contributed by atoms with E-state index in [1.807, 2.05) is 30.3 Å². The Morgan fingerprint density at radius 1 is 1.17 bits per heavy atom. The van der Waals surface area contributed by atoms with Crippen molar-refractivity contribution in [1.82, 2.24) is 15.3 Å². The number of nitrogens with zero attached hydrogens (tertiary/aromatic N) is 3. The smallest absolute Gasteiger partial charge is 0.244 e. The molecule has 2 aromatic rings. The summed E-state index contributed by atoms with van der Waals surface area (Å²) in [6, 6.07) is 9.57. The maximum Gasteiger partial charge on any atom is 0.244 e. The third kappa shape index (κ3) is 4.39. The van der Waals surface area contributed by atoms with Crippen molar-refractivity contribution in [2.75, 3.05) is 18.0 Å². The van der Waals surface area contributed by atoms with Gasteiger partial charge in [-0.1, -0.05) is 6.07 Å². The highest BCUT2D eigenvalue weighted by Gasteiger charge is 2.13. The van der Waals surface area contributed by atoms with E-state index >= 15 is 0 Å². The molecule has 0 unspecified atom stereocenters. The molecule has 5 nitrogen and oxygen atoms in total. The topological polar surface area (TPSA) is 58.1 Å². The van der Waals surface area contributed by atoms with Gasteiger partial charge in [0, 0.05) is 38.1 Å². The highest BCUT2D eigenvalue weighted by atomic mass is 16.1. The Morgan fingerprint density at radius 3 is 2.83 bits per heavy atom. The summed E-state index contributed by atoms with van der Waals surface area (Å²) in [6.45, 7) is 2.63. The normalized spacial score (nSPS) is 14.3. The van der Waals surface area contributed by atoms with E-state index in [9.17, 15) is 4.79 Å². The minimum atomic E-state index is -0.129. The number of anilines is 1. The van der Waals surface area contributed by atoms with E-state index in [2.05, 4.69) is 20.2 Å². The molecule has 0 saturated carbocycles. The number of amides is 1. The summed E-state index contributed by atoms with van der Waals surface area (Å²) in [4.78, 5) is 22.7. The van der Waals surface area contributed by atoms with Gasteiger partial charge >= 0.3 is 0 Å². The van der Waals surface area contributed by atoms with Crippen molar-refractivity contribution in [3.05, 3.63) is 60.1 Å². The molecule has 2 aromatic heterocycles. The molecule has 0 bridgehead atoms. The minimum Gasteiger partial charge on any atom is -0.357 e. The molecule has 118 valence electrons. The molecule has 1 fully saturated rings. The zero-order valence-corrected chi connectivity index (χ0v) is 13.0. The zero-order chi connectivity index (χ0) is 15.9. The zero-order valence-electron chi connectivity index (χ0n) is 13.0. The molecular formula is C18H20N4O. The Kier molecular flexibility index (Phi) is 4.99. The van der Waals surface area contributed by atoms with Gasteiger partial charge in [-0.3, -0.25) is 9.78 Å². The minimum absolute atomic E-state index is 0.129. The van der Waals surface area contributed by atoms with Crippen LogP contribution in [0.15, 0.2) is 48.8 Å². The van der Waals surface area contributed by atoms with Crippen LogP contribution in [0.3, 0.4) is 0 Å². The molecule has 1 N–H and O–H groups in total. The Hall–Kier alpha value is -2.69. The second-order valence-corrected chi connectivity index (χ2v) is 5.52. The van der Waals surface area contributed by atoms with Crippen LogP contribution in [-0.4, -0.2) is 29.0 Å². The molecule has 3 rings (SSSR count). The molecule has 0 aliphatic carbocycles. The first-order chi connectivity index (χ1) is 11.3. The SMILES string of the molecule is O=C(/C=C/c1ccccn1)NCc1ccnc(N2CCCC2)c1. The molecule has 1 saturated heterocycles. The van der Waals surface area contributed by atoms with Gasteiger partial charge in [0.2, 0.25) is 5.91 Å². The first-order valence-corrected chi connectivity index (χ1v) is 7.88. The molecule has 1 aliphatic heterocycles. The predicted molar refractivity (Wildman–Crippen MR) is 90.8 cm³/mol. The molecule has 0 atom stereocenters. The van der Waals surface area contributed by atoms with Crippen LogP contribution in [0.25, 0.3) is 6.08 Å². The Bertz CT molecular complexity index is 678. The largest absolute Gasteiger partial charge is 0.357 e. The van der Waals surface area contributed by atoms with Crippen LogP contribution in [0.2, 0.25) is 0 Å². The molecule has 3 heterocycles. The number of hydrogen-bond acceptors (Lipinski definition) is 4. The number of nitrogens with one attached hydrogen (secondary N) is 1. The number of rotatable bonds is 5. The van der Waals surface area contributed by atoms with Gasteiger partial charge in [0.1, 0.15) is 5.82 Å². The van der Waals surface area contributed by atoms with Crippen LogP contribution in [0.1, 0.15) is 24.1 Å². The van der Waals surface area contributed by atoms with Gasteiger partial charge < -0.3 is 10.2 Å². The molecular weight excluding hydrogens is 288 g/mol. The van der Waals surface area contributed by atoms with Crippen molar-refractivity contribution < 1.29 is 4.79 Å². The van der Waals surface area contributed by atoms with Crippen LogP contribution in [0.4, 0.5) is 5.82 Å². The summed E-state index contributed by atoms with van der Waals surface area (Å²) in [5, 5.41) is 2.89. The fourth-order valence-electron chi connectivity index (χ4n) is 2.57. The van der Waals surface area contributed by atoms with Crippen LogP contribution in [0, 0.1) is 0 Å². The number of pyridine rings is 2. The fourth-order valence-corrected chi connectivity index (χ4v) is 2.57. The third-order valence-corrected chi connectivity index (χ3v) is 3.80. The second-order valence-electron chi connectivity index (χ2n) is 5.52. The Morgan fingerprint density at radius 2 is 2.04 bits per heavy atom. The lowest BCUT2D eigenvalue weighted by molar-refractivity contribution is -0.116. The van der Waals surface area contributed by atoms with Gasteiger partial charge in [-0.25, -0.2) is 4.98 Å². The lowest BCUT2D eigenvalue weighted by Gasteiger charge is -2.16. The van der Waals surface area contributed by atoms with Crippen molar-refractivity contribution >= 4 is 17.8 Å². The molecule has 1 amide bonds. The van der Waals surface area contributed by atoms with E-state index in [0.717, 1.165) is 30.2 Å². The van der Waals surface area contributed by atoms with E-state index in [4.69, 9.17) is 0 Å². The number of hydrogen-bond donors (Lipinski definition) is 1. The summed E-state index contributed by atoms with van der Waals surface area (Å²) < 4.78 is 0. The van der Waals surface area contributed by atoms with E-state index < -0.39 is 0 Å². The first kappa shape index (κ1) is 15.2. The molecule has 0 spiro atoms. The van der Waals surface area contributed by atoms with Crippen LogP contribution < -0.4 is 10.2 Å².